The lowest BCUT2D eigenvalue weighted by Gasteiger charge is -2.19. The zero-order chi connectivity index (χ0) is 17.1. The van der Waals surface area contributed by atoms with Gasteiger partial charge in [-0.3, -0.25) is 4.79 Å². The van der Waals surface area contributed by atoms with E-state index in [0.29, 0.717) is 17.0 Å². The van der Waals surface area contributed by atoms with Crippen molar-refractivity contribution in [2.24, 2.45) is 7.05 Å². The first kappa shape index (κ1) is 16.4. The average molecular weight is 388 g/mol. The summed E-state index contributed by atoms with van der Waals surface area (Å²) in [4.78, 5) is 16.9. The van der Waals surface area contributed by atoms with E-state index in [1.165, 1.54) is 12.1 Å². The van der Waals surface area contributed by atoms with E-state index in [9.17, 15) is 9.18 Å². The first-order chi connectivity index (χ1) is 11.5. The number of carbonyl (C=O) groups excluding carboxylic acids is 1. The van der Waals surface area contributed by atoms with Crippen molar-refractivity contribution in [3.05, 3.63) is 88.2 Å². The molecule has 3 aromatic rings. The zero-order valence-electron chi connectivity index (χ0n) is 12.9. The number of hydrogen-bond donors (Lipinski definition) is 1. The van der Waals surface area contributed by atoms with Crippen LogP contribution in [0.4, 0.5) is 4.39 Å². The van der Waals surface area contributed by atoms with Crippen LogP contribution in [0.25, 0.3) is 0 Å². The summed E-state index contributed by atoms with van der Waals surface area (Å²) in [7, 11) is 1.83. The molecule has 0 aliphatic rings. The minimum absolute atomic E-state index is 0.250. The summed E-state index contributed by atoms with van der Waals surface area (Å²) >= 11 is 3.34. The highest BCUT2D eigenvalue weighted by molar-refractivity contribution is 9.10. The molecule has 0 radical (unpaired) electrons. The predicted molar refractivity (Wildman–Crippen MR) is 93.1 cm³/mol. The first-order valence-corrected chi connectivity index (χ1v) is 8.13. The van der Waals surface area contributed by atoms with E-state index < -0.39 is 6.04 Å². The Bertz CT molecular complexity index is 861. The lowest BCUT2D eigenvalue weighted by Crippen LogP contribution is -2.31. The van der Waals surface area contributed by atoms with Crippen LogP contribution in [0.2, 0.25) is 0 Å². The summed E-state index contributed by atoms with van der Waals surface area (Å²) in [5.41, 5.74) is 1.16. The fourth-order valence-electron chi connectivity index (χ4n) is 2.45. The quantitative estimate of drug-likeness (QED) is 0.738. The third-order valence-electron chi connectivity index (χ3n) is 3.68. The molecule has 2 aromatic carbocycles. The molecule has 1 amide bonds. The highest BCUT2D eigenvalue weighted by Gasteiger charge is 2.21. The Balaban J connectivity index is 1.95. The van der Waals surface area contributed by atoms with Gasteiger partial charge in [-0.25, -0.2) is 9.37 Å². The van der Waals surface area contributed by atoms with Gasteiger partial charge in [0.2, 0.25) is 0 Å². The van der Waals surface area contributed by atoms with Gasteiger partial charge in [0.05, 0.1) is 0 Å². The topological polar surface area (TPSA) is 46.9 Å². The van der Waals surface area contributed by atoms with E-state index in [-0.39, 0.29) is 11.7 Å². The molecule has 0 aliphatic heterocycles. The molecule has 1 atom stereocenters. The first-order valence-electron chi connectivity index (χ1n) is 7.34. The minimum Gasteiger partial charge on any atom is -0.338 e. The number of rotatable bonds is 4. The summed E-state index contributed by atoms with van der Waals surface area (Å²) in [5, 5.41) is 2.94. The number of aryl methyl sites for hydroxylation is 1. The molecule has 0 aliphatic carbocycles. The molecule has 0 bridgehead atoms. The Labute approximate surface area is 147 Å². The van der Waals surface area contributed by atoms with Crippen LogP contribution in [0.3, 0.4) is 0 Å². The van der Waals surface area contributed by atoms with Gasteiger partial charge in [0, 0.05) is 29.5 Å². The van der Waals surface area contributed by atoms with Gasteiger partial charge in [0.15, 0.2) is 0 Å². The van der Waals surface area contributed by atoms with E-state index in [0.717, 1.165) is 4.47 Å². The molecule has 1 N–H and O–H groups in total. The second-order valence-corrected chi connectivity index (χ2v) is 6.28. The minimum atomic E-state index is -0.545. The summed E-state index contributed by atoms with van der Waals surface area (Å²) in [6, 6.07) is 12.7. The highest BCUT2D eigenvalue weighted by atomic mass is 79.9. The number of benzene rings is 2. The summed E-state index contributed by atoms with van der Waals surface area (Å²) in [6.07, 6.45) is 3.43. The van der Waals surface area contributed by atoms with Crippen molar-refractivity contribution in [1.82, 2.24) is 14.9 Å². The molecule has 0 saturated carbocycles. The number of imidazole rings is 1. The van der Waals surface area contributed by atoms with Gasteiger partial charge in [0.25, 0.3) is 5.91 Å². The molecule has 1 heterocycles. The third-order valence-corrected chi connectivity index (χ3v) is 4.21. The van der Waals surface area contributed by atoms with Gasteiger partial charge < -0.3 is 9.88 Å². The van der Waals surface area contributed by atoms with Crippen molar-refractivity contribution in [2.75, 3.05) is 0 Å². The van der Waals surface area contributed by atoms with E-state index >= 15 is 0 Å². The third kappa shape index (κ3) is 3.54. The number of nitrogens with one attached hydrogen (secondary N) is 1. The molecule has 0 unspecified atom stereocenters. The van der Waals surface area contributed by atoms with Crippen LogP contribution in [0.1, 0.15) is 27.8 Å². The Morgan fingerprint density at radius 2 is 2.00 bits per heavy atom. The molecule has 0 saturated heterocycles. The molecule has 24 heavy (non-hydrogen) atoms. The van der Waals surface area contributed by atoms with Crippen molar-refractivity contribution < 1.29 is 9.18 Å². The van der Waals surface area contributed by atoms with E-state index in [4.69, 9.17) is 0 Å². The van der Waals surface area contributed by atoms with Crippen LogP contribution >= 0.6 is 15.9 Å². The number of hydrogen-bond acceptors (Lipinski definition) is 2. The molecule has 0 fully saturated rings. The van der Waals surface area contributed by atoms with Crippen molar-refractivity contribution in [3.8, 4) is 0 Å². The van der Waals surface area contributed by atoms with Gasteiger partial charge in [-0.15, -0.1) is 0 Å². The Morgan fingerprint density at radius 3 is 2.62 bits per heavy atom. The van der Waals surface area contributed by atoms with E-state index in [2.05, 4.69) is 26.2 Å². The van der Waals surface area contributed by atoms with E-state index in [1.54, 1.807) is 53.4 Å². The molecule has 1 aromatic heterocycles. The molecule has 6 heteroatoms. The maximum absolute atomic E-state index is 13.6. The van der Waals surface area contributed by atoms with Gasteiger partial charge >= 0.3 is 0 Å². The number of amides is 1. The van der Waals surface area contributed by atoms with Crippen LogP contribution in [0, 0.1) is 5.82 Å². The van der Waals surface area contributed by atoms with Gasteiger partial charge in [-0.2, -0.15) is 0 Å². The van der Waals surface area contributed by atoms with Crippen molar-refractivity contribution >= 4 is 21.8 Å². The maximum atomic E-state index is 13.6. The molecule has 4 nitrogen and oxygen atoms in total. The molecular formula is C18H15BrFN3O. The van der Waals surface area contributed by atoms with Crippen LogP contribution < -0.4 is 5.32 Å². The number of halogens is 2. The standard InChI is InChI=1S/C18H15BrFN3O/c1-23-10-9-21-17(23)16(13-3-2-4-15(20)11-13)22-18(24)12-5-7-14(19)8-6-12/h2-11,16H,1H3,(H,22,24)/t16-/m0/s1. The van der Waals surface area contributed by atoms with Crippen LogP contribution in [0.5, 0.6) is 0 Å². The Morgan fingerprint density at radius 1 is 1.25 bits per heavy atom. The van der Waals surface area contributed by atoms with Crippen LogP contribution in [-0.4, -0.2) is 15.5 Å². The van der Waals surface area contributed by atoms with Gasteiger partial charge in [-0.1, -0.05) is 28.1 Å². The lowest BCUT2D eigenvalue weighted by molar-refractivity contribution is 0.0941. The molecule has 0 spiro atoms. The lowest BCUT2D eigenvalue weighted by atomic mass is 10.0. The summed E-state index contributed by atoms with van der Waals surface area (Å²) in [6.45, 7) is 0. The molecular weight excluding hydrogens is 373 g/mol. The van der Waals surface area contributed by atoms with E-state index in [1.807, 2.05) is 7.05 Å². The summed E-state index contributed by atoms with van der Waals surface area (Å²) < 4.78 is 16.3. The highest BCUT2D eigenvalue weighted by Crippen LogP contribution is 2.22. The number of nitrogens with zero attached hydrogens (tertiary/aromatic N) is 2. The van der Waals surface area contributed by atoms with Gasteiger partial charge in [-0.05, 0) is 42.0 Å². The molecule has 122 valence electrons. The Kier molecular flexibility index (Phi) is 4.76. The summed E-state index contributed by atoms with van der Waals surface area (Å²) in [5.74, 6) is 0.0235. The zero-order valence-corrected chi connectivity index (χ0v) is 14.5. The van der Waals surface area contributed by atoms with Crippen LogP contribution in [0.15, 0.2) is 65.4 Å². The normalized spacial score (nSPS) is 12.0. The SMILES string of the molecule is Cn1ccnc1[C@@H](NC(=O)c1ccc(Br)cc1)c1cccc(F)c1. The second-order valence-electron chi connectivity index (χ2n) is 5.36. The van der Waals surface area contributed by atoms with Crippen LogP contribution in [-0.2, 0) is 7.05 Å². The second kappa shape index (κ2) is 6.97. The van der Waals surface area contributed by atoms with Gasteiger partial charge in [0.1, 0.15) is 17.7 Å². The van der Waals surface area contributed by atoms with Crippen molar-refractivity contribution in [2.45, 2.75) is 6.04 Å². The van der Waals surface area contributed by atoms with Crippen molar-refractivity contribution in [3.63, 3.8) is 0 Å². The largest absolute Gasteiger partial charge is 0.338 e. The Hall–Kier alpha value is -2.47. The average Bonchev–Trinajstić information content (AvgIpc) is 2.99. The fraction of sp³-hybridized carbons (Fsp3) is 0.111. The maximum Gasteiger partial charge on any atom is 0.252 e. The fourth-order valence-corrected chi connectivity index (χ4v) is 2.72. The smallest absolute Gasteiger partial charge is 0.252 e. The monoisotopic (exact) mass is 387 g/mol. The number of aromatic nitrogens is 2. The van der Waals surface area contributed by atoms with Crippen molar-refractivity contribution in [1.29, 1.82) is 0 Å². The molecule has 3 rings (SSSR count). The number of carbonyl (C=O) groups is 1. The predicted octanol–water partition coefficient (Wildman–Crippen LogP) is 3.84.